The van der Waals surface area contributed by atoms with Crippen LogP contribution in [0.4, 0.5) is 0 Å². The van der Waals surface area contributed by atoms with Gasteiger partial charge in [-0.05, 0) is 6.92 Å². The molecule has 0 bridgehead atoms. The average Bonchev–Trinajstić information content (AvgIpc) is 3.06. The van der Waals surface area contributed by atoms with Gasteiger partial charge in [0, 0.05) is 17.6 Å². The van der Waals surface area contributed by atoms with Crippen LogP contribution >= 0.6 is 0 Å². The molecule has 0 amide bonds. The molecule has 0 spiro atoms. The molecular weight excluding hydrogens is 537 g/mol. The third-order valence-electron chi connectivity index (χ3n) is 8.14. The standard InChI is InChI=1S/C24H20B.C16H24NO2/c1-5-13-21(14-6-1)25(22-15-7-2-8-16-22,23-17-9-3-10-18-23)24-19-11-4-12-20-24;1-14(2)16(18)19-12-8-11-17(3,4)13-15-9-6-5-7-10-15/h1-20H;5-7,9-10H,1,8,11-13H2,2-4H3/q-1;+1. The fraction of sp³-hybridized carbons (Fsp3) is 0.175. The van der Waals surface area contributed by atoms with Gasteiger partial charge in [0.15, 0.2) is 0 Å². The van der Waals surface area contributed by atoms with Crippen molar-refractivity contribution in [3.8, 4) is 0 Å². The van der Waals surface area contributed by atoms with Gasteiger partial charge in [0.05, 0.1) is 27.2 Å². The summed E-state index contributed by atoms with van der Waals surface area (Å²) in [4.78, 5) is 11.2. The van der Waals surface area contributed by atoms with Crippen LogP contribution in [-0.2, 0) is 16.1 Å². The van der Waals surface area contributed by atoms with Crippen LogP contribution in [0.3, 0.4) is 0 Å². The normalized spacial score (nSPS) is 11.2. The summed E-state index contributed by atoms with van der Waals surface area (Å²) in [6, 6.07) is 54.0. The third kappa shape index (κ3) is 8.46. The maximum absolute atomic E-state index is 11.2. The molecular formula is C40H44BNO2. The van der Waals surface area contributed by atoms with Gasteiger partial charge < -0.3 is 9.22 Å². The van der Waals surface area contributed by atoms with Gasteiger partial charge in [-0.1, -0.05) is 158 Å². The van der Waals surface area contributed by atoms with Crippen molar-refractivity contribution in [2.24, 2.45) is 0 Å². The first-order chi connectivity index (χ1) is 21.3. The molecule has 3 nitrogen and oxygen atoms in total. The largest absolute Gasteiger partial charge is 0.462 e. The SMILES string of the molecule is C=C(C)C(=O)OCCC[N+](C)(C)Cc1ccccc1.c1ccc([B-](c2ccccc2)(c2ccccc2)c2ccccc2)cc1. The van der Waals surface area contributed by atoms with Gasteiger partial charge in [-0.25, -0.2) is 4.79 Å². The third-order valence-corrected chi connectivity index (χ3v) is 8.14. The number of quaternary nitrogens is 1. The van der Waals surface area contributed by atoms with Gasteiger partial charge in [0.1, 0.15) is 12.7 Å². The van der Waals surface area contributed by atoms with Gasteiger partial charge in [0.2, 0.25) is 0 Å². The van der Waals surface area contributed by atoms with Crippen LogP contribution in [0, 0.1) is 0 Å². The maximum atomic E-state index is 11.2. The molecule has 0 heterocycles. The molecule has 5 aromatic carbocycles. The van der Waals surface area contributed by atoms with E-state index >= 15 is 0 Å². The molecule has 0 aliphatic heterocycles. The Morgan fingerprint density at radius 1 is 0.614 bits per heavy atom. The Labute approximate surface area is 264 Å². The van der Waals surface area contributed by atoms with E-state index in [1.807, 2.05) is 6.07 Å². The van der Waals surface area contributed by atoms with E-state index in [0.29, 0.717) is 12.2 Å². The van der Waals surface area contributed by atoms with Crippen LogP contribution in [0.25, 0.3) is 0 Å². The number of hydrogen-bond acceptors (Lipinski definition) is 2. The molecule has 0 atom stereocenters. The predicted octanol–water partition coefficient (Wildman–Crippen LogP) is 5.84. The number of esters is 1. The Morgan fingerprint density at radius 3 is 1.30 bits per heavy atom. The number of hydrogen-bond donors (Lipinski definition) is 0. The second-order valence-electron chi connectivity index (χ2n) is 12.1. The van der Waals surface area contributed by atoms with E-state index in [0.717, 1.165) is 24.0 Å². The monoisotopic (exact) mass is 581 g/mol. The average molecular weight is 582 g/mol. The van der Waals surface area contributed by atoms with E-state index in [9.17, 15) is 4.79 Å². The van der Waals surface area contributed by atoms with Gasteiger partial charge in [-0.3, -0.25) is 0 Å². The summed E-state index contributed by atoms with van der Waals surface area (Å²) in [5.74, 6) is -0.298. The minimum absolute atomic E-state index is 0.298. The van der Waals surface area contributed by atoms with Crippen molar-refractivity contribution < 1.29 is 14.0 Å². The molecule has 5 rings (SSSR count). The van der Waals surface area contributed by atoms with Crippen molar-refractivity contribution in [2.75, 3.05) is 27.2 Å². The lowest BCUT2D eigenvalue weighted by Gasteiger charge is -2.44. The van der Waals surface area contributed by atoms with Gasteiger partial charge in [0.25, 0.3) is 0 Å². The number of benzene rings is 5. The van der Waals surface area contributed by atoms with E-state index in [-0.39, 0.29) is 5.97 Å². The fourth-order valence-electron chi connectivity index (χ4n) is 6.06. The van der Waals surface area contributed by atoms with Crippen molar-refractivity contribution in [1.29, 1.82) is 0 Å². The molecule has 224 valence electrons. The summed E-state index contributed by atoms with van der Waals surface area (Å²) in [5.41, 5.74) is 7.14. The van der Waals surface area contributed by atoms with Gasteiger partial charge in [-0.2, -0.15) is 21.9 Å². The van der Waals surface area contributed by atoms with Crippen LogP contribution in [0.2, 0.25) is 0 Å². The number of nitrogens with zero attached hydrogens (tertiary/aromatic N) is 1. The number of ether oxygens (including phenoxy) is 1. The fourth-order valence-corrected chi connectivity index (χ4v) is 6.06. The molecule has 0 radical (unpaired) electrons. The highest BCUT2D eigenvalue weighted by Gasteiger charge is 2.31. The van der Waals surface area contributed by atoms with Crippen LogP contribution in [0.1, 0.15) is 18.9 Å². The van der Waals surface area contributed by atoms with Gasteiger partial charge in [-0.15, -0.1) is 0 Å². The second kappa shape index (κ2) is 15.7. The molecule has 0 saturated heterocycles. The molecule has 5 aromatic rings. The summed E-state index contributed by atoms with van der Waals surface area (Å²) in [6.07, 6.45) is -0.356. The van der Waals surface area contributed by atoms with Crippen LogP contribution in [0.15, 0.2) is 164 Å². The topological polar surface area (TPSA) is 26.3 Å². The Morgan fingerprint density at radius 2 is 0.955 bits per heavy atom. The van der Waals surface area contributed by atoms with E-state index in [4.69, 9.17) is 4.74 Å². The van der Waals surface area contributed by atoms with E-state index in [1.54, 1.807) is 6.92 Å². The second-order valence-corrected chi connectivity index (χ2v) is 12.1. The Hall–Kier alpha value is -4.67. The van der Waals surface area contributed by atoms with E-state index < -0.39 is 6.15 Å². The lowest BCUT2D eigenvalue weighted by Crippen LogP contribution is -2.74. The molecule has 44 heavy (non-hydrogen) atoms. The molecule has 0 unspecified atom stereocenters. The Bertz CT molecular complexity index is 1410. The van der Waals surface area contributed by atoms with Crippen molar-refractivity contribution in [2.45, 2.75) is 19.9 Å². The Balaban J connectivity index is 0.000000210. The zero-order valence-electron chi connectivity index (χ0n) is 26.3. The summed E-state index contributed by atoms with van der Waals surface area (Å²) in [7, 11) is 4.38. The highest BCUT2D eigenvalue weighted by Crippen LogP contribution is 2.11. The van der Waals surface area contributed by atoms with Crippen LogP contribution in [-0.4, -0.2) is 43.8 Å². The smallest absolute Gasteiger partial charge is 0.333 e. The predicted molar refractivity (Wildman–Crippen MR) is 188 cm³/mol. The van der Waals surface area contributed by atoms with E-state index in [2.05, 4.69) is 166 Å². The zero-order chi connectivity index (χ0) is 31.3. The highest BCUT2D eigenvalue weighted by atomic mass is 16.5. The summed E-state index contributed by atoms with van der Waals surface area (Å²) < 4.78 is 5.98. The number of carbonyl (C=O) groups excluding carboxylic acids is 1. The quantitative estimate of drug-likeness (QED) is 0.0645. The summed E-state index contributed by atoms with van der Waals surface area (Å²) in [6.45, 7) is 7.64. The van der Waals surface area contributed by atoms with Crippen molar-refractivity contribution in [3.63, 3.8) is 0 Å². The first-order valence-electron chi connectivity index (χ1n) is 15.4. The minimum Gasteiger partial charge on any atom is -0.462 e. The molecule has 0 aliphatic rings. The van der Waals surface area contributed by atoms with Crippen LogP contribution < -0.4 is 21.9 Å². The minimum atomic E-state index is -1.22. The molecule has 0 aromatic heterocycles. The Kier molecular flexibility index (Phi) is 11.5. The molecule has 0 saturated carbocycles. The lowest BCUT2D eigenvalue weighted by molar-refractivity contribution is -0.903. The molecule has 0 aliphatic carbocycles. The maximum Gasteiger partial charge on any atom is 0.333 e. The summed E-state index contributed by atoms with van der Waals surface area (Å²) >= 11 is 0. The summed E-state index contributed by atoms with van der Waals surface area (Å²) in [5, 5.41) is 0. The molecule has 0 N–H and O–H groups in total. The molecule has 4 heteroatoms. The first-order valence-corrected chi connectivity index (χ1v) is 15.4. The number of rotatable bonds is 11. The van der Waals surface area contributed by atoms with Gasteiger partial charge >= 0.3 is 5.97 Å². The van der Waals surface area contributed by atoms with Crippen molar-refractivity contribution in [1.82, 2.24) is 0 Å². The lowest BCUT2D eigenvalue weighted by atomic mass is 9.13. The first kappa shape index (κ1) is 32.3. The molecule has 0 fully saturated rings. The highest BCUT2D eigenvalue weighted by molar-refractivity contribution is 7.19. The van der Waals surface area contributed by atoms with Crippen LogP contribution in [0.5, 0.6) is 0 Å². The van der Waals surface area contributed by atoms with E-state index in [1.165, 1.54) is 27.4 Å². The van der Waals surface area contributed by atoms with Crippen molar-refractivity contribution in [3.05, 3.63) is 169 Å². The zero-order valence-corrected chi connectivity index (χ0v) is 26.3. The van der Waals surface area contributed by atoms with Crippen molar-refractivity contribution >= 4 is 34.0 Å². The number of carbonyl (C=O) groups is 1.